The normalized spacial score (nSPS) is 22.8. The van der Waals surface area contributed by atoms with Gasteiger partial charge in [0.1, 0.15) is 0 Å². The van der Waals surface area contributed by atoms with Crippen LogP contribution in [0.4, 0.5) is 18.0 Å². The van der Waals surface area contributed by atoms with Crippen LogP contribution in [-0.2, 0) is 0 Å². The van der Waals surface area contributed by atoms with Crippen molar-refractivity contribution in [2.24, 2.45) is 5.92 Å². The summed E-state index contributed by atoms with van der Waals surface area (Å²) >= 11 is 0. The first-order valence-corrected chi connectivity index (χ1v) is 9.08. The third kappa shape index (κ3) is 4.90. The van der Waals surface area contributed by atoms with Gasteiger partial charge in [-0.05, 0) is 51.6 Å². The molecule has 1 aromatic heterocycles. The first-order valence-electron chi connectivity index (χ1n) is 9.08. The molecule has 26 heavy (non-hydrogen) atoms. The maximum absolute atomic E-state index is 12.5. The van der Waals surface area contributed by atoms with Crippen LogP contribution >= 0.6 is 0 Å². The largest absolute Gasteiger partial charge is 0.401 e. The molecule has 1 N–H and O–H groups in total. The van der Waals surface area contributed by atoms with E-state index in [2.05, 4.69) is 10.5 Å². The first kappa shape index (κ1) is 19.0. The topological polar surface area (TPSA) is 61.6 Å². The molecule has 2 saturated heterocycles. The molecule has 0 radical (unpaired) electrons. The molecule has 2 aliphatic rings. The Morgan fingerprint density at radius 1 is 1.31 bits per heavy atom. The molecule has 0 aliphatic carbocycles. The number of hydrogen-bond acceptors (Lipinski definition) is 4. The number of hydrogen-bond donors (Lipinski definition) is 1. The van der Waals surface area contributed by atoms with Crippen LogP contribution in [0.2, 0.25) is 0 Å². The quantitative estimate of drug-likeness (QED) is 0.880. The third-order valence-corrected chi connectivity index (χ3v) is 5.14. The summed E-state index contributed by atoms with van der Waals surface area (Å²) < 4.78 is 42.6. The molecule has 3 rings (SSSR count). The van der Waals surface area contributed by atoms with Crippen molar-refractivity contribution in [3.8, 4) is 0 Å². The highest BCUT2D eigenvalue weighted by Crippen LogP contribution is 2.32. The van der Waals surface area contributed by atoms with Crippen LogP contribution in [0, 0.1) is 12.8 Å². The SMILES string of the molecule is Cc1cc(C2CCCN2C(=O)NCC2CCN(CC(F)(F)F)CC2)on1. The van der Waals surface area contributed by atoms with Crippen LogP contribution in [0.15, 0.2) is 10.6 Å². The lowest BCUT2D eigenvalue weighted by molar-refractivity contribution is -0.148. The molecule has 2 aliphatic heterocycles. The minimum atomic E-state index is -4.15. The van der Waals surface area contributed by atoms with Crippen molar-refractivity contribution >= 4 is 6.03 Å². The summed E-state index contributed by atoms with van der Waals surface area (Å²) in [7, 11) is 0. The summed E-state index contributed by atoms with van der Waals surface area (Å²) in [6.07, 6.45) is -1.06. The maximum atomic E-state index is 12.5. The van der Waals surface area contributed by atoms with Crippen molar-refractivity contribution in [2.75, 3.05) is 32.7 Å². The average Bonchev–Trinajstić information content (AvgIpc) is 3.21. The van der Waals surface area contributed by atoms with Gasteiger partial charge in [0.05, 0.1) is 18.3 Å². The molecule has 1 aromatic rings. The molecule has 9 heteroatoms. The first-order chi connectivity index (χ1) is 12.3. The molecular formula is C17H25F3N4O2. The predicted octanol–water partition coefficient (Wildman–Crippen LogP) is 3.10. The number of piperidine rings is 1. The van der Waals surface area contributed by atoms with Crippen LogP contribution in [0.3, 0.4) is 0 Å². The second-order valence-electron chi connectivity index (χ2n) is 7.24. The van der Waals surface area contributed by atoms with Crippen molar-refractivity contribution in [1.82, 2.24) is 20.3 Å². The minimum absolute atomic E-state index is 0.0927. The molecule has 0 bridgehead atoms. The second kappa shape index (κ2) is 7.85. The van der Waals surface area contributed by atoms with Gasteiger partial charge in [-0.3, -0.25) is 4.90 Å². The highest BCUT2D eigenvalue weighted by Gasteiger charge is 2.34. The number of nitrogens with one attached hydrogen (secondary N) is 1. The fourth-order valence-corrected chi connectivity index (χ4v) is 3.78. The number of halogens is 3. The van der Waals surface area contributed by atoms with Gasteiger partial charge in [0.2, 0.25) is 0 Å². The molecule has 146 valence electrons. The Balaban J connectivity index is 1.44. The van der Waals surface area contributed by atoms with Crippen molar-refractivity contribution in [1.29, 1.82) is 0 Å². The van der Waals surface area contributed by atoms with Crippen molar-refractivity contribution < 1.29 is 22.5 Å². The highest BCUT2D eigenvalue weighted by molar-refractivity contribution is 5.75. The van der Waals surface area contributed by atoms with Gasteiger partial charge in [0.15, 0.2) is 5.76 Å². The standard InChI is InChI=1S/C17H25F3N4O2/c1-12-9-15(26-22-12)14-3-2-6-24(14)16(25)21-10-13-4-7-23(8-5-13)11-17(18,19)20/h9,13-14H,2-8,10-11H2,1H3,(H,21,25). The van der Waals surface area contributed by atoms with E-state index in [1.54, 1.807) is 4.90 Å². The lowest BCUT2D eigenvalue weighted by Crippen LogP contribution is -2.45. The molecule has 1 unspecified atom stereocenters. The van der Waals surface area contributed by atoms with Gasteiger partial charge in [-0.15, -0.1) is 0 Å². The van der Waals surface area contributed by atoms with E-state index < -0.39 is 12.7 Å². The summed E-state index contributed by atoms with van der Waals surface area (Å²) in [6.45, 7) is 3.00. The zero-order chi connectivity index (χ0) is 18.7. The predicted molar refractivity (Wildman–Crippen MR) is 88.5 cm³/mol. The lowest BCUT2D eigenvalue weighted by atomic mass is 9.97. The number of urea groups is 1. The van der Waals surface area contributed by atoms with Gasteiger partial charge in [-0.1, -0.05) is 5.16 Å². The van der Waals surface area contributed by atoms with Gasteiger partial charge in [-0.25, -0.2) is 4.79 Å². The van der Waals surface area contributed by atoms with Gasteiger partial charge in [-0.2, -0.15) is 13.2 Å². The summed E-state index contributed by atoms with van der Waals surface area (Å²) in [6, 6.07) is 1.62. The molecule has 0 saturated carbocycles. The highest BCUT2D eigenvalue weighted by atomic mass is 19.4. The number of carbonyl (C=O) groups is 1. The number of carbonyl (C=O) groups excluding carboxylic acids is 1. The van der Waals surface area contributed by atoms with Gasteiger partial charge >= 0.3 is 12.2 Å². The number of amides is 2. The van der Waals surface area contributed by atoms with E-state index >= 15 is 0 Å². The zero-order valence-corrected chi connectivity index (χ0v) is 14.9. The fraction of sp³-hybridized carbons (Fsp3) is 0.765. The molecule has 2 amide bonds. The Hall–Kier alpha value is -1.77. The number of nitrogens with zero attached hydrogens (tertiary/aromatic N) is 3. The van der Waals surface area contributed by atoms with Crippen LogP contribution in [0.1, 0.15) is 43.2 Å². The van der Waals surface area contributed by atoms with Crippen molar-refractivity contribution in [2.45, 2.75) is 44.8 Å². The van der Waals surface area contributed by atoms with E-state index in [0.717, 1.165) is 18.5 Å². The van der Waals surface area contributed by atoms with Crippen molar-refractivity contribution in [3.63, 3.8) is 0 Å². The van der Waals surface area contributed by atoms with E-state index in [-0.39, 0.29) is 18.0 Å². The minimum Gasteiger partial charge on any atom is -0.359 e. The van der Waals surface area contributed by atoms with Crippen LogP contribution in [0.5, 0.6) is 0 Å². The Morgan fingerprint density at radius 3 is 2.65 bits per heavy atom. The third-order valence-electron chi connectivity index (χ3n) is 5.14. The zero-order valence-electron chi connectivity index (χ0n) is 14.9. The average molecular weight is 374 g/mol. The number of alkyl halides is 3. The summed E-state index contributed by atoms with van der Waals surface area (Å²) in [5.74, 6) is 0.924. The molecule has 1 atom stereocenters. The monoisotopic (exact) mass is 374 g/mol. The maximum Gasteiger partial charge on any atom is 0.401 e. The Bertz CT molecular complexity index is 611. The smallest absolute Gasteiger partial charge is 0.359 e. The van der Waals surface area contributed by atoms with Crippen molar-refractivity contribution in [3.05, 3.63) is 17.5 Å². The van der Waals surface area contributed by atoms with E-state index in [1.165, 1.54) is 4.90 Å². The van der Waals surface area contributed by atoms with E-state index in [4.69, 9.17) is 4.52 Å². The number of aromatic nitrogens is 1. The Morgan fingerprint density at radius 2 is 2.04 bits per heavy atom. The summed E-state index contributed by atoms with van der Waals surface area (Å²) in [5.41, 5.74) is 0.790. The van der Waals surface area contributed by atoms with E-state index in [0.29, 0.717) is 44.8 Å². The Kier molecular flexibility index (Phi) is 5.74. The fourth-order valence-electron chi connectivity index (χ4n) is 3.78. The van der Waals surface area contributed by atoms with Crippen LogP contribution in [0.25, 0.3) is 0 Å². The summed E-state index contributed by atoms with van der Waals surface area (Å²) in [5, 5.41) is 6.84. The second-order valence-corrected chi connectivity index (χ2v) is 7.24. The van der Waals surface area contributed by atoms with Gasteiger partial charge in [0, 0.05) is 19.2 Å². The Labute approximate surface area is 150 Å². The van der Waals surface area contributed by atoms with Gasteiger partial charge < -0.3 is 14.7 Å². The molecular weight excluding hydrogens is 349 g/mol. The summed E-state index contributed by atoms with van der Waals surface area (Å²) in [4.78, 5) is 15.7. The van der Waals surface area contributed by atoms with E-state index in [9.17, 15) is 18.0 Å². The molecule has 3 heterocycles. The molecule has 0 aromatic carbocycles. The molecule has 0 spiro atoms. The number of aryl methyl sites for hydroxylation is 1. The number of likely N-dealkylation sites (tertiary alicyclic amines) is 2. The molecule has 6 nitrogen and oxygen atoms in total. The van der Waals surface area contributed by atoms with Crippen LogP contribution < -0.4 is 5.32 Å². The number of rotatable bonds is 4. The van der Waals surface area contributed by atoms with E-state index in [1.807, 2.05) is 13.0 Å². The molecule has 2 fully saturated rings. The van der Waals surface area contributed by atoms with Gasteiger partial charge in [0.25, 0.3) is 0 Å². The van der Waals surface area contributed by atoms with Crippen LogP contribution in [-0.4, -0.2) is 59.9 Å². The lowest BCUT2D eigenvalue weighted by Gasteiger charge is -2.33.